The molecule has 0 N–H and O–H groups in total. The van der Waals surface area contributed by atoms with E-state index in [1.165, 1.54) is 24.8 Å². The van der Waals surface area contributed by atoms with Crippen LogP contribution in [0.4, 0.5) is 0 Å². The van der Waals surface area contributed by atoms with E-state index in [9.17, 15) is 4.79 Å². The van der Waals surface area contributed by atoms with Crippen LogP contribution in [-0.2, 0) is 11.3 Å². The molecule has 1 atom stereocenters. The molecule has 4 nitrogen and oxygen atoms in total. The first-order valence-electron chi connectivity index (χ1n) is 8.59. The summed E-state index contributed by atoms with van der Waals surface area (Å²) in [7, 11) is 0. The molecule has 1 aliphatic heterocycles. The summed E-state index contributed by atoms with van der Waals surface area (Å²) in [5.41, 5.74) is 1.36. The van der Waals surface area contributed by atoms with Crippen LogP contribution in [-0.4, -0.2) is 41.4 Å². The van der Waals surface area contributed by atoms with Crippen molar-refractivity contribution in [1.82, 2.24) is 9.80 Å². The van der Waals surface area contributed by atoms with E-state index in [1.54, 1.807) is 13.2 Å². The first kappa shape index (κ1) is 16.1. The van der Waals surface area contributed by atoms with Crippen LogP contribution in [0, 0.1) is 0 Å². The van der Waals surface area contributed by atoms with Gasteiger partial charge in [0.1, 0.15) is 5.76 Å². The van der Waals surface area contributed by atoms with Crippen molar-refractivity contribution in [3.8, 4) is 0 Å². The van der Waals surface area contributed by atoms with Crippen molar-refractivity contribution in [2.24, 2.45) is 0 Å². The summed E-state index contributed by atoms with van der Waals surface area (Å²) in [5, 5.41) is 0. The Labute approximate surface area is 138 Å². The number of allylic oxidation sites excluding steroid dienone is 1. The van der Waals surface area contributed by atoms with Crippen molar-refractivity contribution in [3.63, 3.8) is 0 Å². The summed E-state index contributed by atoms with van der Waals surface area (Å²) in [6, 6.07) is 4.39. The first-order valence-corrected chi connectivity index (χ1v) is 8.59. The summed E-state index contributed by atoms with van der Waals surface area (Å²) in [6.07, 6.45) is 13.5. The molecule has 2 heterocycles. The second-order valence-corrected chi connectivity index (χ2v) is 6.49. The minimum atomic E-state index is 0.0972. The fourth-order valence-electron chi connectivity index (χ4n) is 3.38. The number of hydrogen-bond acceptors (Lipinski definition) is 3. The fourth-order valence-corrected chi connectivity index (χ4v) is 3.38. The Balaban J connectivity index is 1.56. The Bertz CT molecular complexity index is 574. The van der Waals surface area contributed by atoms with Crippen LogP contribution in [0.2, 0.25) is 0 Å². The zero-order valence-corrected chi connectivity index (χ0v) is 13.9. The van der Waals surface area contributed by atoms with Crippen LogP contribution in [0.15, 0.2) is 46.6 Å². The molecular formula is C19H26N2O2. The van der Waals surface area contributed by atoms with Crippen LogP contribution in [0.25, 0.3) is 0 Å². The predicted molar refractivity (Wildman–Crippen MR) is 90.9 cm³/mol. The zero-order chi connectivity index (χ0) is 16.1. The molecular weight excluding hydrogens is 288 g/mol. The number of hydrogen-bond donors (Lipinski definition) is 0. The Morgan fingerprint density at radius 2 is 2.35 bits per heavy atom. The number of nitrogens with zero attached hydrogens (tertiary/aromatic N) is 2. The SMILES string of the molecule is CC(=O)N(CC1=CCN(C2C=CCCC2)CC1)Cc1ccco1. The Hall–Kier alpha value is -1.81. The fraction of sp³-hybridized carbons (Fsp3) is 0.526. The average molecular weight is 314 g/mol. The highest BCUT2D eigenvalue weighted by Gasteiger charge is 2.21. The lowest BCUT2D eigenvalue weighted by molar-refractivity contribution is -0.129. The maximum absolute atomic E-state index is 11.9. The van der Waals surface area contributed by atoms with Gasteiger partial charge < -0.3 is 9.32 Å². The number of rotatable bonds is 5. The van der Waals surface area contributed by atoms with Crippen molar-refractivity contribution < 1.29 is 9.21 Å². The van der Waals surface area contributed by atoms with Crippen molar-refractivity contribution in [3.05, 3.63) is 48.0 Å². The third kappa shape index (κ3) is 4.35. The van der Waals surface area contributed by atoms with Gasteiger partial charge in [0.25, 0.3) is 0 Å². The molecule has 0 aromatic carbocycles. The lowest BCUT2D eigenvalue weighted by Gasteiger charge is -2.34. The van der Waals surface area contributed by atoms with Crippen molar-refractivity contribution >= 4 is 5.91 Å². The summed E-state index contributed by atoms with van der Waals surface area (Å²) < 4.78 is 5.37. The molecule has 1 aromatic rings. The van der Waals surface area contributed by atoms with E-state index in [0.29, 0.717) is 19.1 Å². The number of amides is 1. The highest BCUT2D eigenvalue weighted by Crippen LogP contribution is 2.21. The van der Waals surface area contributed by atoms with Crippen LogP contribution in [0.3, 0.4) is 0 Å². The molecule has 124 valence electrons. The molecule has 1 amide bonds. The lowest BCUT2D eigenvalue weighted by Crippen LogP contribution is -2.39. The highest BCUT2D eigenvalue weighted by molar-refractivity contribution is 5.73. The van der Waals surface area contributed by atoms with Crippen LogP contribution < -0.4 is 0 Å². The molecule has 1 unspecified atom stereocenters. The molecule has 1 aromatic heterocycles. The summed E-state index contributed by atoms with van der Waals surface area (Å²) in [4.78, 5) is 16.3. The lowest BCUT2D eigenvalue weighted by atomic mass is 9.98. The number of carbonyl (C=O) groups excluding carboxylic acids is 1. The largest absolute Gasteiger partial charge is 0.467 e. The van der Waals surface area contributed by atoms with Gasteiger partial charge in [0, 0.05) is 32.6 Å². The molecule has 3 rings (SSSR count). The van der Waals surface area contributed by atoms with Gasteiger partial charge in [-0.25, -0.2) is 0 Å². The first-order chi connectivity index (χ1) is 11.2. The van der Waals surface area contributed by atoms with E-state index in [2.05, 4.69) is 23.1 Å². The van der Waals surface area contributed by atoms with Gasteiger partial charge in [-0.15, -0.1) is 0 Å². The quantitative estimate of drug-likeness (QED) is 0.782. The van der Waals surface area contributed by atoms with Crippen LogP contribution in [0.1, 0.15) is 38.4 Å². The molecule has 0 spiro atoms. The average Bonchev–Trinajstić information content (AvgIpc) is 3.09. The van der Waals surface area contributed by atoms with E-state index in [1.807, 2.05) is 17.0 Å². The molecule has 1 aliphatic carbocycles. The standard InChI is InChI=1S/C19H26N2O2/c1-16(22)21(15-19-8-5-13-23-19)14-17-9-11-20(12-10-17)18-6-3-2-4-7-18/h3,5-6,8-9,13,18H,2,4,7,10-12,14-15H2,1H3. The molecule has 0 radical (unpaired) electrons. The topological polar surface area (TPSA) is 36.7 Å². The number of carbonyl (C=O) groups is 1. The van der Waals surface area contributed by atoms with Gasteiger partial charge in [0.05, 0.1) is 12.8 Å². The normalized spacial score (nSPS) is 22.0. The van der Waals surface area contributed by atoms with Gasteiger partial charge >= 0.3 is 0 Å². The van der Waals surface area contributed by atoms with Gasteiger partial charge in [-0.1, -0.05) is 23.8 Å². The smallest absolute Gasteiger partial charge is 0.220 e. The summed E-state index contributed by atoms with van der Waals surface area (Å²) >= 11 is 0. The van der Waals surface area contributed by atoms with E-state index >= 15 is 0 Å². The molecule has 0 fully saturated rings. The molecule has 0 saturated heterocycles. The van der Waals surface area contributed by atoms with Crippen LogP contribution in [0.5, 0.6) is 0 Å². The van der Waals surface area contributed by atoms with E-state index < -0.39 is 0 Å². The van der Waals surface area contributed by atoms with Gasteiger partial charge in [-0.2, -0.15) is 0 Å². The van der Waals surface area contributed by atoms with E-state index in [4.69, 9.17) is 4.42 Å². The molecule has 0 bridgehead atoms. The van der Waals surface area contributed by atoms with Crippen molar-refractivity contribution in [2.75, 3.05) is 19.6 Å². The summed E-state index contributed by atoms with van der Waals surface area (Å²) in [6.45, 7) is 4.98. The Morgan fingerprint density at radius 1 is 1.43 bits per heavy atom. The van der Waals surface area contributed by atoms with Gasteiger partial charge in [0.15, 0.2) is 0 Å². The summed E-state index contributed by atoms with van der Waals surface area (Å²) in [5.74, 6) is 0.936. The van der Waals surface area contributed by atoms with Gasteiger partial charge in [-0.05, 0) is 37.8 Å². The molecule has 2 aliphatic rings. The maximum atomic E-state index is 11.9. The third-order valence-corrected chi connectivity index (χ3v) is 4.80. The van der Waals surface area contributed by atoms with Crippen molar-refractivity contribution in [2.45, 2.75) is 45.2 Å². The second kappa shape index (κ2) is 7.64. The Morgan fingerprint density at radius 3 is 2.96 bits per heavy atom. The van der Waals surface area contributed by atoms with E-state index in [0.717, 1.165) is 25.3 Å². The maximum Gasteiger partial charge on any atom is 0.220 e. The molecule has 0 saturated carbocycles. The van der Waals surface area contributed by atoms with Crippen LogP contribution >= 0.6 is 0 Å². The molecule has 23 heavy (non-hydrogen) atoms. The monoisotopic (exact) mass is 314 g/mol. The van der Waals surface area contributed by atoms with Crippen molar-refractivity contribution in [1.29, 1.82) is 0 Å². The molecule has 4 heteroatoms. The third-order valence-electron chi connectivity index (χ3n) is 4.80. The zero-order valence-electron chi connectivity index (χ0n) is 13.9. The number of furan rings is 1. The minimum Gasteiger partial charge on any atom is -0.467 e. The van der Waals surface area contributed by atoms with Gasteiger partial charge in [-0.3, -0.25) is 9.69 Å². The predicted octanol–water partition coefficient (Wildman–Crippen LogP) is 3.37. The second-order valence-electron chi connectivity index (χ2n) is 6.49. The minimum absolute atomic E-state index is 0.0972. The Kier molecular flexibility index (Phi) is 5.34. The van der Waals surface area contributed by atoms with E-state index in [-0.39, 0.29) is 5.91 Å². The highest BCUT2D eigenvalue weighted by atomic mass is 16.3. The van der Waals surface area contributed by atoms with Gasteiger partial charge in [0.2, 0.25) is 5.91 Å².